The van der Waals surface area contributed by atoms with Crippen LogP contribution in [0.4, 0.5) is 5.69 Å². The Balaban J connectivity index is 1.64. The molecule has 2 amide bonds. The van der Waals surface area contributed by atoms with Gasteiger partial charge < -0.3 is 19.7 Å². The number of aryl methyl sites for hydroxylation is 3. The van der Waals surface area contributed by atoms with Crippen LogP contribution in [-0.2, 0) is 4.79 Å². The number of para-hydroxylation sites is 1. The number of likely N-dealkylation sites (N-methyl/N-ethyl adjacent to an activating group) is 1. The van der Waals surface area contributed by atoms with E-state index in [9.17, 15) is 9.59 Å². The summed E-state index contributed by atoms with van der Waals surface area (Å²) in [5, 5.41) is 3.69. The molecule has 3 aromatic carbocycles. The summed E-state index contributed by atoms with van der Waals surface area (Å²) in [6.45, 7) is 5.86. The highest BCUT2D eigenvalue weighted by atomic mass is 16.5. The van der Waals surface area contributed by atoms with Crippen LogP contribution in [0.25, 0.3) is 22.2 Å². The fraction of sp³-hybridized carbons (Fsp3) is 0.233. The van der Waals surface area contributed by atoms with Crippen LogP contribution < -0.4 is 14.8 Å². The molecule has 0 saturated carbocycles. The average molecular weight is 498 g/mol. The zero-order valence-electron chi connectivity index (χ0n) is 22.0. The lowest BCUT2D eigenvalue weighted by Gasteiger charge is -2.20. The molecule has 0 fully saturated rings. The number of nitrogens with one attached hydrogen (secondary N) is 1. The van der Waals surface area contributed by atoms with Gasteiger partial charge in [0, 0.05) is 23.7 Å². The molecule has 0 aliphatic carbocycles. The number of anilines is 1. The summed E-state index contributed by atoms with van der Waals surface area (Å²) in [6, 6.07) is 18.8. The third kappa shape index (κ3) is 5.40. The molecular formula is C30H31N3O4. The molecule has 0 unspecified atom stereocenters. The number of hydrogen-bond acceptors (Lipinski definition) is 5. The SMILES string of the molecule is COc1ccc(-c2cc(C(=O)N(C)CC(=O)Nc3c(C)cc(C)cc3C)c3ccccc3n2)cc1OC. The molecule has 190 valence electrons. The second-order valence-corrected chi connectivity index (χ2v) is 9.13. The van der Waals surface area contributed by atoms with Crippen molar-refractivity contribution in [2.24, 2.45) is 0 Å². The van der Waals surface area contributed by atoms with E-state index in [0.29, 0.717) is 33.7 Å². The molecule has 37 heavy (non-hydrogen) atoms. The van der Waals surface area contributed by atoms with Crippen LogP contribution in [0.1, 0.15) is 27.0 Å². The van der Waals surface area contributed by atoms with Gasteiger partial charge in [0.15, 0.2) is 11.5 Å². The highest BCUT2D eigenvalue weighted by molar-refractivity contribution is 6.08. The van der Waals surface area contributed by atoms with E-state index >= 15 is 0 Å². The highest BCUT2D eigenvalue weighted by Gasteiger charge is 2.20. The minimum Gasteiger partial charge on any atom is -0.493 e. The van der Waals surface area contributed by atoms with Gasteiger partial charge in [-0.05, 0) is 62.2 Å². The normalized spacial score (nSPS) is 10.8. The second-order valence-electron chi connectivity index (χ2n) is 9.13. The molecule has 0 radical (unpaired) electrons. The Labute approximate surface area is 217 Å². The molecule has 0 atom stereocenters. The van der Waals surface area contributed by atoms with E-state index in [1.165, 1.54) is 4.90 Å². The van der Waals surface area contributed by atoms with Crippen LogP contribution in [0.5, 0.6) is 11.5 Å². The molecule has 1 N–H and O–H groups in total. The number of aromatic nitrogens is 1. The first-order valence-corrected chi connectivity index (χ1v) is 12.0. The van der Waals surface area contributed by atoms with Gasteiger partial charge in [-0.2, -0.15) is 0 Å². The number of methoxy groups -OCH3 is 2. The fourth-order valence-electron chi connectivity index (χ4n) is 4.54. The Bertz CT molecular complexity index is 1470. The van der Waals surface area contributed by atoms with Gasteiger partial charge in [0.05, 0.1) is 37.5 Å². The Morgan fingerprint density at radius 3 is 2.24 bits per heavy atom. The van der Waals surface area contributed by atoms with Gasteiger partial charge in [-0.3, -0.25) is 9.59 Å². The maximum absolute atomic E-state index is 13.6. The fourth-order valence-corrected chi connectivity index (χ4v) is 4.54. The van der Waals surface area contributed by atoms with Crippen molar-refractivity contribution in [3.05, 3.63) is 82.9 Å². The molecule has 0 aliphatic heterocycles. The number of pyridine rings is 1. The Morgan fingerprint density at radius 2 is 1.57 bits per heavy atom. The number of rotatable bonds is 7. The van der Waals surface area contributed by atoms with Crippen molar-refractivity contribution in [1.82, 2.24) is 9.88 Å². The van der Waals surface area contributed by atoms with Crippen molar-refractivity contribution >= 4 is 28.4 Å². The standard InChI is InChI=1S/C30H31N3O4/c1-18-13-19(2)29(20(3)14-18)32-28(34)17-33(4)30(35)23-16-25(31-24-10-8-7-9-22(23)24)21-11-12-26(36-5)27(15-21)37-6/h7-16H,17H2,1-6H3,(H,32,34). The summed E-state index contributed by atoms with van der Waals surface area (Å²) < 4.78 is 10.8. The van der Waals surface area contributed by atoms with Gasteiger partial charge in [0.1, 0.15) is 0 Å². The van der Waals surface area contributed by atoms with Gasteiger partial charge >= 0.3 is 0 Å². The van der Waals surface area contributed by atoms with E-state index in [-0.39, 0.29) is 18.4 Å². The number of nitrogens with zero attached hydrogens (tertiary/aromatic N) is 2. The van der Waals surface area contributed by atoms with Crippen molar-refractivity contribution in [3.63, 3.8) is 0 Å². The van der Waals surface area contributed by atoms with Crippen molar-refractivity contribution in [1.29, 1.82) is 0 Å². The number of benzene rings is 3. The van der Waals surface area contributed by atoms with Crippen LogP contribution >= 0.6 is 0 Å². The number of hydrogen-bond donors (Lipinski definition) is 1. The van der Waals surface area contributed by atoms with Crippen LogP contribution in [0.15, 0.2) is 60.7 Å². The maximum atomic E-state index is 13.6. The maximum Gasteiger partial charge on any atom is 0.254 e. The van der Waals surface area contributed by atoms with Crippen LogP contribution in [0.3, 0.4) is 0 Å². The van der Waals surface area contributed by atoms with E-state index in [1.807, 2.05) is 69.3 Å². The molecule has 4 aromatic rings. The summed E-state index contributed by atoms with van der Waals surface area (Å²) in [5.74, 6) is 0.642. The van der Waals surface area contributed by atoms with Gasteiger partial charge in [0.25, 0.3) is 5.91 Å². The summed E-state index contributed by atoms with van der Waals surface area (Å²) in [4.78, 5) is 32.7. The number of fused-ring (bicyclic) bond motifs is 1. The molecule has 4 rings (SSSR count). The Morgan fingerprint density at radius 1 is 0.892 bits per heavy atom. The smallest absolute Gasteiger partial charge is 0.254 e. The van der Waals surface area contributed by atoms with Gasteiger partial charge in [-0.1, -0.05) is 35.9 Å². The summed E-state index contributed by atoms with van der Waals surface area (Å²) >= 11 is 0. The quantitative estimate of drug-likeness (QED) is 0.362. The van der Waals surface area contributed by atoms with E-state index in [0.717, 1.165) is 27.9 Å². The topological polar surface area (TPSA) is 80.8 Å². The average Bonchev–Trinajstić information content (AvgIpc) is 2.89. The predicted octanol–water partition coefficient (Wildman–Crippen LogP) is 5.55. The van der Waals surface area contributed by atoms with Crippen molar-refractivity contribution in [2.75, 3.05) is 33.1 Å². The predicted molar refractivity (Wildman–Crippen MR) is 147 cm³/mol. The Kier molecular flexibility index (Phi) is 7.43. The van der Waals surface area contributed by atoms with Crippen molar-refractivity contribution in [3.8, 4) is 22.8 Å². The zero-order valence-corrected chi connectivity index (χ0v) is 22.0. The molecule has 7 nitrogen and oxygen atoms in total. The first-order valence-electron chi connectivity index (χ1n) is 12.0. The number of amides is 2. The summed E-state index contributed by atoms with van der Waals surface area (Å²) in [5.41, 5.74) is 6.43. The number of carbonyl (C=O) groups is 2. The highest BCUT2D eigenvalue weighted by Crippen LogP contribution is 2.33. The van der Waals surface area contributed by atoms with Crippen LogP contribution in [0.2, 0.25) is 0 Å². The lowest BCUT2D eigenvalue weighted by atomic mass is 10.0. The van der Waals surface area contributed by atoms with Crippen LogP contribution in [0, 0.1) is 20.8 Å². The third-order valence-corrected chi connectivity index (χ3v) is 6.29. The van der Waals surface area contributed by atoms with E-state index in [2.05, 4.69) is 5.32 Å². The molecule has 0 aliphatic rings. The minimum absolute atomic E-state index is 0.0894. The van der Waals surface area contributed by atoms with Crippen molar-refractivity contribution in [2.45, 2.75) is 20.8 Å². The lowest BCUT2D eigenvalue weighted by Crippen LogP contribution is -2.35. The van der Waals surface area contributed by atoms with E-state index < -0.39 is 0 Å². The minimum atomic E-state index is -0.271. The Hall–Kier alpha value is -4.39. The largest absolute Gasteiger partial charge is 0.493 e. The van der Waals surface area contributed by atoms with Crippen LogP contribution in [-0.4, -0.2) is 49.5 Å². The summed E-state index contributed by atoms with van der Waals surface area (Å²) in [7, 11) is 4.78. The lowest BCUT2D eigenvalue weighted by molar-refractivity contribution is -0.116. The molecule has 7 heteroatoms. The zero-order chi connectivity index (χ0) is 26.7. The molecule has 0 spiro atoms. The molecule has 1 heterocycles. The second kappa shape index (κ2) is 10.7. The molecule has 0 saturated heterocycles. The number of carbonyl (C=O) groups excluding carboxylic acids is 2. The first-order chi connectivity index (χ1) is 17.7. The molecule has 1 aromatic heterocycles. The van der Waals surface area contributed by atoms with Gasteiger partial charge in [-0.25, -0.2) is 4.98 Å². The summed E-state index contributed by atoms with van der Waals surface area (Å²) in [6.07, 6.45) is 0. The molecule has 0 bridgehead atoms. The molecular weight excluding hydrogens is 466 g/mol. The van der Waals surface area contributed by atoms with E-state index in [1.54, 1.807) is 33.4 Å². The van der Waals surface area contributed by atoms with E-state index in [4.69, 9.17) is 14.5 Å². The van der Waals surface area contributed by atoms with Crippen molar-refractivity contribution < 1.29 is 19.1 Å². The monoisotopic (exact) mass is 497 g/mol. The number of ether oxygens (including phenoxy) is 2. The van der Waals surface area contributed by atoms with Gasteiger partial charge in [-0.15, -0.1) is 0 Å². The third-order valence-electron chi connectivity index (χ3n) is 6.29. The first kappa shape index (κ1) is 25.7. The van der Waals surface area contributed by atoms with Gasteiger partial charge in [0.2, 0.25) is 5.91 Å².